The van der Waals surface area contributed by atoms with E-state index in [1.54, 1.807) is 6.26 Å². The Bertz CT molecular complexity index is 336. The highest BCUT2D eigenvalue weighted by atomic mass is 16.5. The van der Waals surface area contributed by atoms with Crippen molar-refractivity contribution < 1.29 is 9.15 Å². The smallest absolute Gasteiger partial charge is 0.120 e. The summed E-state index contributed by atoms with van der Waals surface area (Å²) in [5.41, 5.74) is 0. The topological polar surface area (TPSA) is 34.4 Å². The van der Waals surface area contributed by atoms with E-state index in [0.717, 1.165) is 12.3 Å². The van der Waals surface area contributed by atoms with Crippen LogP contribution in [0.2, 0.25) is 0 Å². The molecule has 3 nitrogen and oxygen atoms in total. The highest BCUT2D eigenvalue weighted by Gasteiger charge is 2.40. The average molecular weight is 221 g/mol. The van der Waals surface area contributed by atoms with Crippen LogP contribution in [0.4, 0.5) is 0 Å². The second kappa shape index (κ2) is 4.22. The Morgan fingerprint density at radius 1 is 1.50 bits per heavy atom. The van der Waals surface area contributed by atoms with Crippen LogP contribution in [-0.4, -0.2) is 18.8 Å². The first-order valence-corrected chi connectivity index (χ1v) is 6.25. The molecular weight excluding hydrogens is 202 g/mol. The van der Waals surface area contributed by atoms with E-state index < -0.39 is 0 Å². The van der Waals surface area contributed by atoms with Crippen molar-refractivity contribution in [3.8, 4) is 0 Å². The normalized spacial score (nSPS) is 34.4. The van der Waals surface area contributed by atoms with E-state index in [2.05, 4.69) is 12.2 Å². The molecular formula is C13H19NO2. The van der Waals surface area contributed by atoms with Crippen molar-refractivity contribution in [3.63, 3.8) is 0 Å². The second-order valence-electron chi connectivity index (χ2n) is 5.02. The molecule has 4 atom stereocenters. The summed E-state index contributed by atoms with van der Waals surface area (Å²) in [5.74, 6) is 1.72. The molecule has 88 valence electrons. The van der Waals surface area contributed by atoms with Crippen LogP contribution in [0.1, 0.15) is 38.0 Å². The maximum absolute atomic E-state index is 5.84. The minimum absolute atomic E-state index is 0.300. The van der Waals surface area contributed by atoms with Crippen LogP contribution >= 0.6 is 0 Å². The van der Waals surface area contributed by atoms with Crippen molar-refractivity contribution in [2.75, 3.05) is 6.54 Å². The van der Waals surface area contributed by atoms with Gasteiger partial charge in [-0.25, -0.2) is 0 Å². The highest BCUT2D eigenvalue weighted by Crippen LogP contribution is 2.38. The summed E-state index contributed by atoms with van der Waals surface area (Å²) < 4.78 is 11.2. The van der Waals surface area contributed by atoms with Gasteiger partial charge in [0.1, 0.15) is 5.76 Å². The summed E-state index contributed by atoms with van der Waals surface area (Å²) in [4.78, 5) is 0. The van der Waals surface area contributed by atoms with E-state index in [9.17, 15) is 0 Å². The third-order valence-corrected chi connectivity index (χ3v) is 3.89. The van der Waals surface area contributed by atoms with Crippen LogP contribution in [0.3, 0.4) is 0 Å². The van der Waals surface area contributed by atoms with Crippen molar-refractivity contribution in [2.45, 2.75) is 44.4 Å². The van der Waals surface area contributed by atoms with Crippen molar-refractivity contribution in [2.24, 2.45) is 5.92 Å². The Labute approximate surface area is 96.2 Å². The number of ether oxygens (including phenoxy) is 1. The third-order valence-electron chi connectivity index (χ3n) is 3.89. The van der Waals surface area contributed by atoms with Crippen molar-refractivity contribution in [1.29, 1.82) is 0 Å². The molecule has 3 heterocycles. The minimum Gasteiger partial charge on any atom is -0.468 e. The van der Waals surface area contributed by atoms with Crippen molar-refractivity contribution >= 4 is 0 Å². The monoisotopic (exact) mass is 221 g/mol. The molecule has 1 N–H and O–H groups in total. The quantitative estimate of drug-likeness (QED) is 0.848. The molecule has 0 aromatic carbocycles. The molecule has 0 saturated carbocycles. The lowest BCUT2D eigenvalue weighted by atomic mass is 9.89. The number of hydrogen-bond donors (Lipinski definition) is 1. The summed E-state index contributed by atoms with van der Waals surface area (Å²) >= 11 is 0. The van der Waals surface area contributed by atoms with Gasteiger partial charge in [-0.2, -0.15) is 0 Å². The van der Waals surface area contributed by atoms with E-state index in [-0.39, 0.29) is 0 Å². The van der Waals surface area contributed by atoms with Gasteiger partial charge in [0.25, 0.3) is 0 Å². The molecule has 2 bridgehead atoms. The molecule has 0 radical (unpaired) electrons. The lowest BCUT2D eigenvalue weighted by molar-refractivity contribution is 0.0919. The van der Waals surface area contributed by atoms with E-state index in [1.807, 2.05) is 12.1 Å². The number of fused-ring (bicyclic) bond motifs is 2. The first-order chi connectivity index (χ1) is 7.83. The minimum atomic E-state index is 0.300. The molecule has 0 amide bonds. The Morgan fingerprint density at radius 3 is 3.06 bits per heavy atom. The fraction of sp³-hybridized carbons (Fsp3) is 0.692. The van der Waals surface area contributed by atoms with E-state index >= 15 is 0 Å². The number of furan rings is 1. The fourth-order valence-electron chi connectivity index (χ4n) is 2.92. The van der Waals surface area contributed by atoms with Crippen LogP contribution in [0.5, 0.6) is 0 Å². The summed E-state index contributed by atoms with van der Waals surface area (Å²) in [5, 5.41) is 3.54. The van der Waals surface area contributed by atoms with Crippen LogP contribution < -0.4 is 5.32 Å². The second-order valence-corrected chi connectivity index (χ2v) is 5.02. The molecule has 1 aromatic heterocycles. The van der Waals surface area contributed by atoms with Crippen LogP contribution in [-0.2, 0) is 4.74 Å². The molecule has 2 saturated heterocycles. The van der Waals surface area contributed by atoms with E-state index in [1.165, 1.54) is 19.3 Å². The molecule has 2 aliphatic heterocycles. The van der Waals surface area contributed by atoms with E-state index in [4.69, 9.17) is 9.15 Å². The molecule has 1 aromatic rings. The maximum Gasteiger partial charge on any atom is 0.120 e. The van der Waals surface area contributed by atoms with Gasteiger partial charge in [-0.15, -0.1) is 0 Å². The Kier molecular flexibility index (Phi) is 2.74. The third kappa shape index (κ3) is 1.89. The standard InChI is InChI=1S/C13H19NO2/c1-9(12-3-2-6-15-12)14-8-10-7-11-4-5-13(10)16-11/h2-3,6,9-11,13-14H,4-5,7-8H2,1H3. The summed E-state index contributed by atoms with van der Waals surface area (Å²) in [6, 6.07) is 4.26. The van der Waals surface area contributed by atoms with Gasteiger partial charge in [-0.3, -0.25) is 0 Å². The van der Waals surface area contributed by atoms with Gasteiger partial charge in [0.2, 0.25) is 0 Å². The highest BCUT2D eigenvalue weighted by molar-refractivity contribution is 5.03. The van der Waals surface area contributed by atoms with Crippen LogP contribution in [0, 0.1) is 5.92 Å². The molecule has 2 aliphatic rings. The molecule has 2 fully saturated rings. The number of hydrogen-bond acceptors (Lipinski definition) is 3. The van der Waals surface area contributed by atoms with Gasteiger partial charge in [-0.05, 0) is 38.3 Å². The molecule has 16 heavy (non-hydrogen) atoms. The molecule has 0 spiro atoms. The molecule has 3 heteroatoms. The van der Waals surface area contributed by atoms with Gasteiger partial charge < -0.3 is 14.5 Å². The van der Waals surface area contributed by atoms with Gasteiger partial charge in [-0.1, -0.05) is 0 Å². The number of rotatable bonds is 4. The predicted octanol–water partition coefficient (Wildman–Crippen LogP) is 2.50. The zero-order chi connectivity index (χ0) is 11.0. The lowest BCUT2D eigenvalue weighted by Gasteiger charge is -2.21. The first-order valence-electron chi connectivity index (χ1n) is 6.25. The largest absolute Gasteiger partial charge is 0.468 e. The first kappa shape index (κ1) is 10.4. The SMILES string of the molecule is CC(NCC1CC2CCC1O2)c1ccco1. The molecule has 0 aliphatic carbocycles. The van der Waals surface area contributed by atoms with Gasteiger partial charge >= 0.3 is 0 Å². The van der Waals surface area contributed by atoms with Gasteiger partial charge in [0.05, 0.1) is 24.5 Å². The molecule has 4 unspecified atom stereocenters. The summed E-state index contributed by atoms with van der Waals surface area (Å²) in [6.07, 6.45) is 6.56. The molecule has 3 rings (SSSR count). The summed E-state index contributed by atoms with van der Waals surface area (Å²) in [6.45, 7) is 3.19. The van der Waals surface area contributed by atoms with Crippen LogP contribution in [0.25, 0.3) is 0 Å². The zero-order valence-corrected chi connectivity index (χ0v) is 9.69. The number of nitrogens with one attached hydrogen (secondary N) is 1. The zero-order valence-electron chi connectivity index (χ0n) is 9.69. The lowest BCUT2D eigenvalue weighted by Crippen LogP contribution is -2.31. The van der Waals surface area contributed by atoms with Crippen molar-refractivity contribution in [3.05, 3.63) is 24.2 Å². The average Bonchev–Trinajstić information content (AvgIpc) is 3.01. The Balaban J connectivity index is 1.50. The van der Waals surface area contributed by atoms with Gasteiger partial charge in [0, 0.05) is 12.5 Å². The van der Waals surface area contributed by atoms with Crippen LogP contribution in [0.15, 0.2) is 22.8 Å². The van der Waals surface area contributed by atoms with Gasteiger partial charge in [0.15, 0.2) is 0 Å². The predicted molar refractivity (Wildman–Crippen MR) is 61.1 cm³/mol. The Hall–Kier alpha value is -0.800. The van der Waals surface area contributed by atoms with Crippen molar-refractivity contribution in [1.82, 2.24) is 5.32 Å². The maximum atomic E-state index is 5.84. The fourth-order valence-corrected chi connectivity index (χ4v) is 2.92. The van der Waals surface area contributed by atoms with E-state index in [0.29, 0.717) is 24.2 Å². The Morgan fingerprint density at radius 2 is 2.44 bits per heavy atom. The summed E-state index contributed by atoms with van der Waals surface area (Å²) in [7, 11) is 0.